The lowest BCUT2D eigenvalue weighted by Gasteiger charge is -2.40. The molecule has 3 rings (SSSR count). The van der Waals surface area contributed by atoms with Crippen molar-refractivity contribution in [2.45, 2.75) is 6.42 Å². The molecule has 0 radical (unpaired) electrons. The second kappa shape index (κ2) is 5.13. The van der Waals surface area contributed by atoms with Crippen LogP contribution in [0.1, 0.15) is 6.42 Å². The highest BCUT2D eigenvalue weighted by Gasteiger charge is 2.28. The summed E-state index contributed by atoms with van der Waals surface area (Å²) >= 11 is 0. The number of carbonyl (C=O) groups excluding carboxylic acids is 2. The summed E-state index contributed by atoms with van der Waals surface area (Å²) in [7, 11) is 0. The zero-order chi connectivity index (χ0) is 14.1. The van der Waals surface area contributed by atoms with E-state index in [1.54, 1.807) is 4.90 Å². The Hall–Kier alpha value is -2.08. The van der Waals surface area contributed by atoms with E-state index in [0.29, 0.717) is 18.9 Å². The molecule has 0 atom stereocenters. The van der Waals surface area contributed by atoms with Gasteiger partial charge in [0.1, 0.15) is 0 Å². The van der Waals surface area contributed by atoms with E-state index in [1.807, 2.05) is 24.3 Å². The smallest absolute Gasteiger partial charge is 0.328 e. The molecule has 1 aromatic carbocycles. The molecular formula is C14H17N3O3. The molecule has 2 heterocycles. The van der Waals surface area contributed by atoms with E-state index in [0.717, 1.165) is 24.5 Å². The van der Waals surface area contributed by atoms with Gasteiger partial charge in [-0.25, -0.2) is 4.79 Å². The molecular weight excluding hydrogens is 258 g/mol. The normalized spacial score (nSPS) is 19.9. The summed E-state index contributed by atoms with van der Waals surface area (Å²) in [6.07, 6.45) is 0.326. The fourth-order valence-electron chi connectivity index (χ4n) is 2.56. The number of nitrogens with one attached hydrogen (secondary N) is 1. The molecule has 1 aromatic rings. The van der Waals surface area contributed by atoms with Crippen LogP contribution in [0.15, 0.2) is 24.3 Å². The molecule has 3 amide bonds. The molecule has 0 bridgehead atoms. The molecule has 2 saturated heterocycles. The number of anilines is 2. The van der Waals surface area contributed by atoms with E-state index in [-0.39, 0.29) is 18.5 Å². The van der Waals surface area contributed by atoms with Crippen molar-refractivity contribution >= 4 is 23.3 Å². The van der Waals surface area contributed by atoms with Crippen LogP contribution in [0, 0.1) is 5.92 Å². The van der Waals surface area contributed by atoms with Gasteiger partial charge in [-0.05, 0) is 18.2 Å². The Bertz CT molecular complexity index is 540. The fraction of sp³-hybridized carbons (Fsp3) is 0.429. The SMILES string of the molecule is O=C1CCN(c2cccc(N3CC(CO)C3)c2)C(=O)N1. The molecule has 2 aliphatic rings. The summed E-state index contributed by atoms with van der Waals surface area (Å²) in [6, 6.07) is 7.34. The minimum absolute atomic E-state index is 0.215. The number of aliphatic hydroxyl groups is 1. The van der Waals surface area contributed by atoms with Gasteiger partial charge in [-0.15, -0.1) is 0 Å². The van der Waals surface area contributed by atoms with E-state index in [9.17, 15) is 9.59 Å². The summed E-state index contributed by atoms with van der Waals surface area (Å²) < 4.78 is 0. The second-order valence-corrected chi connectivity index (χ2v) is 5.23. The van der Waals surface area contributed by atoms with Crippen molar-refractivity contribution in [3.8, 4) is 0 Å². The van der Waals surface area contributed by atoms with Crippen LogP contribution in [0.3, 0.4) is 0 Å². The number of hydrogen-bond donors (Lipinski definition) is 2. The van der Waals surface area contributed by atoms with Crippen molar-refractivity contribution in [1.29, 1.82) is 0 Å². The van der Waals surface area contributed by atoms with Crippen molar-refractivity contribution in [1.82, 2.24) is 5.32 Å². The summed E-state index contributed by atoms with van der Waals surface area (Å²) in [5.41, 5.74) is 1.83. The minimum Gasteiger partial charge on any atom is -0.396 e. The van der Waals surface area contributed by atoms with E-state index in [4.69, 9.17) is 5.11 Å². The van der Waals surface area contributed by atoms with E-state index >= 15 is 0 Å². The van der Waals surface area contributed by atoms with Crippen LogP contribution < -0.4 is 15.1 Å². The third kappa shape index (κ3) is 2.34. The second-order valence-electron chi connectivity index (χ2n) is 5.23. The first kappa shape index (κ1) is 12.9. The van der Waals surface area contributed by atoms with Gasteiger partial charge in [-0.3, -0.25) is 15.0 Å². The summed E-state index contributed by atoms with van der Waals surface area (Å²) in [5.74, 6) is 0.116. The Kier molecular flexibility index (Phi) is 3.31. The lowest BCUT2D eigenvalue weighted by atomic mass is 10.0. The molecule has 0 unspecified atom stereocenters. The predicted octanol–water partition coefficient (Wildman–Crippen LogP) is 0.561. The Morgan fingerprint density at radius 2 is 2.00 bits per heavy atom. The number of carbonyl (C=O) groups is 2. The van der Waals surface area contributed by atoms with Gasteiger partial charge < -0.3 is 10.0 Å². The number of nitrogens with zero attached hydrogens (tertiary/aromatic N) is 2. The molecule has 2 aliphatic heterocycles. The molecule has 0 aliphatic carbocycles. The lowest BCUT2D eigenvalue weighted by Crippen LogP contribution is -2.50. The molecule has 0 aromatic heterocycles. The highest BCUT2D eigenvalue weighted by molar-refractivity contribution is 6.05. The van der Waals surface area contributed by atoms with Crippen LogP contribution in [-0.4, -0.2) is 43.3 Å². The Morgan fingerprint density at radius 1 is 1.25 bits per heavy atom. The molecule has 0 saturated carbocycles. The zero-order valence-electron chi connectivity index (χ0n) is 11.1. The van der Waals surface area contributed by atoms with Crippen molar-refractivity contribution in [2.24, 2.45) is 5.92 Å². The van der Waals surface area contributed by atoms with Crippen molar-refractivity contribution in [3.05, 3.63) is 24.3 Å². The molecule has 6 nitrogen and oxygen atoms in total. The Morgan fingerprint density at radius 3 is 2.70 bits per heavy atom. The molecule has 2 N–H and O–H groups in total. The van der Waals surface area contributed by atoms with Gasteiger partial charge in [0.2, 0.25) is 5.91 Å². The first-order valence-corrected chi connectivity index (χ1v) is 6.74. The summed E-state index contributed by atoms with van der Waals surface area (Å²) in [5, 5.41) is 11.4. The lowest BCUT2D eigenvalue weighted by molar-refractivity contribution is -0.120. The monoisotopic (exact) mass is 275 g/mol. The van der Waals surface area contributed by atoms with Crippen LogP contribution >= 0.6 is 0 Å². The highest BCUT2D eigenvalue weighted by Crippen LogP contribution is 2.28. The predicted molar refractivity (Wildman–Crippen MR) is 74.7 cm³/mol. The van der Waals surface area contributed by atoms with E-state index in [2.05, 4.69) is 10.2 Å². The van der Waals surface area contributed by atoms with Crippen LogP contribution in [0.4, 0.5) is 16.2 Å². The first-order valence-electron chi connectivity index (χ1n) is 6.74. The maximum absolute atomic E-state index is 11.8. The first-order chi connectivity index (χ1) is 9.67. The molecule has 2 fully saturated rings. The molecule has 20 heavy (non-hydrogen) atoms. The van der Waals surface area contributed by atoms with Gasteiger partial charge in [0.05, 0.1) is 0 Å². The maximum Gasteiger partial charge on any atom is 0.328 e. The van der Waals surface area contributed by atoms with E-state index < -0.39 is 0 Å². The summed E-state index contributed by atoms with van der Waals surface area (Å²) in [4.78, 5) is 26.7. The number of aliphatic hydroxyl groups excluding tert-OH is 1. The van der Waals surface area contributed by atoms with Crippen LogP contribution in [0.2, 0.25) is 0 Å². The molecule has 6 heteroatoms. The van der Waals surface area contributed by atoms with Gasteiger partial charge in [0.15, 0.2) is 0 Å². The third-order valence-corrected chi connectivity index (χ3v) is 3.78. The average molecular weight is 275 g/mol. The summed E-state index contributed by atoms with van der Waals surface area (Å²) in [6.45, 7) is 2.30. The van der Waals surface area contributed by atoms with Crippen molar-refractivity contribution < 1.29 is 14.7 Å². The van der Waals surface area contributed by atoms with Gasteiger partial charge in [0.25, 0.3) is 0 Å². The maximum atomic E-state index is 11.8. The quantitative estimate of drug-likeness (QED) is 0.845. The molecule has 106 valence electrons. The highest BCUT2D eigenvalue weighted by atomic mass is 16.3. The average Bonchev–Trinajstić information content (AvgIpc) is 2.38. The van der Waals surface area contributed by atoms with Crippen LogP contribution in [-0.2, 0) is 4.79 Å². The Balaban J connectivity index is 1.74. The van der Waals surface area contributed by atoms with Gasteiger partial charge in [-0.1, -0.05) is 6.07 Å². The number of amides is 3. The Labute approximate surface area is 117 Å². The number of hydrogen-bond acceptors (Lipinski definition) is 4. The minimum atomic E-state index is -0.366. The number of imide groups is 1. The zero-order valence-corrected chi connectivity index (χ0v) is 11.1. The number of benzene rings is 1. The molecule has 0 spiro atoms. The van der Waals surface area contributed by atoms with Gasteiger partial charge in [-0.2, -0.15) is 0 Å². The topological polar surface area (TPSA) is 72.9 Å². The number of rotatable bonds is 3. The van der Waals surface area contributed by atoms with Crippen molar-refractivity contribution in [3.63, 3.8) is 0 Å². The number of urea groups is 1. The van der Waals surface area contributed by atoms with E-state index in [1.165, 1.54) is 0 Å². The van der Waals surface area contributed by atoms with Gasteiger partial charge >= 0.3 is 6.03 Å². The third-order valence-electron chi connectivity index (χ3n) is 3.78. The van der Waals surface area contributed by atoms with Crippen LogP contribution in [0.5, 0.6) is 0 Å². The standard InChI is InChI=1S/C14H17N3O3/c18-9-10-7-16(8-10)11-2-1-3-12(6-11)17-5-4-13(19)15-14(17)20/h1-3,6,10,18H,4-5,7-9H2,(H,15,19,20). The largest absolute Gasteiger partial charge is 0.396 e. The van der Waals surface area contributed by atoms with Crippen LogP contribution in [0.25, 0.3) is 0 Å². The van der Waals surface area contributed by atoms with Crippen molar-refractivity contribution in [2.75, 3.05) is 36.0 Å². The van der Waals surface area contributed by atoms with Gasteiger partial charge in [0, 0.05) is 50.0 Å². The fourth-order valence-corrected chi connectivity index (χ4v) is 2.56.